The first-order chi connectivity index (χ1) is 15.8. The summed E-state index contributed by atoms with van der Waals surface area (Å²) in [6.45, 7) is 1.07. The predicted molar refractivity (Wildman–Crippen MR) is 110 cm³/mol. The molecular formula is C22H22F6N2O4. The maximum absolute atomic E-state index is 14.2. The minimum Gasteiger partial charge on any atom is -0.465 e. The van der Waals surface area contributed by atoms with Gasteiger partial charge in [-0.2, -0.15) is 26.3 Å². The Kier molecular flexibility index (Phi) is 7.11. The zero-order chi connectivity index (χ0) is 25.3. The van der Waals surface area contributed by atoms with Crippen LogP contribution in [0.25, 0.3) is 0 Å². The summed E-state index contributed by atoms with van der Waals surface area (Å²) in [4.78, 5) is 20.4. The number of aliphatic imine (C=N–C) groups is 1. The molecule has 0 aliphatic carbocycles. The van der Waals surface area contributed by atoms with Crippen LogP contribution in [0.15, 0.2) is 40.0 Å². The lowest BCUT2D eigenvalue weighted by Crippen LogP contribution is -2.53. The van der Waals surface area contributed by atoms with Crippen LogP contribution < -0.4 is 0 Å². The molecule has 0 radical (unpaired) electrons. The van der Waals surface area contributed by atoms with Gasteiger partial charge in [0.1, 0.15) is 0 Å². The standard InChI is InChI=1S/C22H22F6N2O4/c1-12-8-13(4-5-15(12)19(31)33-3)17-10-20(34-30-17,22(26,27)28)18-9-16(21(23,24)25)14(11-29-18)6-7-32-2/h4-5,8-9,14H,6-7,10-11H2,1-3H3. The number of hydrogen-bond acceptors (Lipinski definition) is 6. The Morgan fingerprint density at radius 3 is 2.47 bits per heavy atom. The Balaban J connectivity index is 1.96. The smallest absolute Gasteiger partial charge is 0.437 e. The molecule has 1 aromatic rings. The molecule has 2 aliphatic rings. The molecule has 0 spiro atoms. The number of benzene rings is 1. The Hall–Kier alpha value is -2.89. The van der Waals surface area contributed by atoms with Crippen LogP contribution in [0.4, 0.5) is 26.3 Å². The number of aryl methyl sites for hydroxylation is 1. The van der Waals surface area contributed by atoms with E-state index in [2.05, 4.69) is 14.9 Å². The predicted octanol–water partition coefficient (Wildman–Crippen LogP) is 4.80. The molecule has 3 rings (SSSR count). The van der Waals surface area contributed by atoms with Gasteiger partial charge >= 0.3 is 18.3 Å². The van der Waals surface area contributed by atoms with Gasteiger partial charge in [-0.05, 0) is 42.7 Å². The van der Waals surface area contributed by atoms with Crippen LogP contribution >= 0.6 is 0 Å². The molecule has 0 bridgehead atoms. The summed E-state index contributed by atoms with van der Waals surface area (Å²) in [7, 11) is 2.51. The number of ether oxygens (including phenoxy) is 2. The molecule has 2 atom stereocenters. The molecule has 12 heteroatoms. The number of oxime groups is 1. The van der Waals surface area contributed by atoms with E-state index in [1.807, 2.05) is 0 Å². The van der Waals surface area contributed by atoms with E-state index in [1.54, 1.807) is 6.92 Å². The number of alkyl halides is 6. The molecule has 1 aromatic carbocycles. The van der Waals surface area contributed by atoms with Crippen molar-refractivity contribution in [3.63, 3.8) is 0 Å². The Morgan fingerprint density at radius 1 is 1.21 bits per heavy atom. The fourth-order valence-electron chi connectivity index (χ4n) is 3.89. The van der Waals surface area contributed by atoms with E-state index in [1.165, 1.54) is 32.4 Å². The third kappa shape index (κ3) is 4.82. The third-order valence-electron chi connectivity index (χ3n) is 5.78. The lowest BCUT2D eigenvalue weighted by molar-refractivity contribution is -0.239. The molecule has 0 aromatic heterocycles. The van der Waals surface area contributed by atoms with E-state index in [0.29, 0.717) is 11.6 Å². The van der Waals surface area contributed by atoms with Gasteiger partial charge in [-0.15, -0.1) is 0 Å². The highest BCUT2D eigenvalue weighted by Crippen LogP contribution is 2.45. The van der Waals surface area contributed by atoms with Crippen molar-refractivity contribution < 1.29 is 45.4 Å². The molecule has 6 nitrogen and oxygen atoms in total. The van der Waals surface area contributed by atoms with Crippen LogP contribution in [0.1, 0.15) is 34.3 Å². The Labute approximate surface area is 191 Å². The van der Waals surface area contributed by atoms with E-state index in [0.717, 1.165) is 0 Å². The fourth-order valence-corrected chi connectivity index (χ4v) is 3.89. The number of dihydropyridines is 1. The minimum absolute atomic E-state index is 0.00195. The van der Waals surface area contributed by atoms with E-state index in [9.17, 15) is 31.1 Å². The lowest BCUT2D eigenvalue weighted by atomic mass is 9.83. The number of nitrogens with zero attached hydrogens (tertiary/aromatic N) is 2. The van der Waals surface area contributed by atoms with Crippen LogP contribution in [0.2, 0.25) is 0 Å². The van der Waals surface area contributed by atoms with Crippen molar-refractivity contribution >= 4 is 17.4 Å². The monoisotopic (exact) mass is 492 g/mol. The molecule has 186 valence electrons. The molecule has 0 amide bonds. The molecule has 0 fully saturated rings. The number of halogens is 6. The highest BCUT2D eigenvalue weighted by Gasteiger charge is 2.64. The molecule has 2 aliphatic heterocycles. The number of carbonyl (C=O) groups excluding carboxylic acids is 1. The summed E-state index contributed by atoms with van der Waals surface area (Å²) in [5, 5.41) is 3.56. The summed E-state index contributed by atoms with van der Waals surface area (Å²) in [6, 6.07) is 4.17. The molecule has 2 heterocycles. The van der Waals surface area contributed by atoms with Gasteiger partial charge < -0.3 is 14.3 Å². The lowest BCUT2D eigenvalue weighted by Gasteiger charge is -2.33. The molecule has 0 saturated carbocycles. The summed E-state index contributed by atoms with van der Waals surface area (Å²) in [5.41, 5.74) is -4.44. The number of methoxy groups -OCH3 is 2. The van der Waals surface area contributed by atoms with Gasteiger partial charge in [-0.1, -0.05) is 11.2 Å². The van der Waals surface area contributed by atoms with Crippen molar-refractivity contribution in [1.29, 1.82) is 0 Å². The quantitative estimate of drug-likeness (QED) is 0.423. The van der Waals surface area contributed by atoms with Gasteiger partial charge in [0.25, 0.3) is 5.60 Å². The summed E-state index contributed by atoms with van der Waals surface area (Å²) in [6.07, 6.45) is -10.5. The van der Waals surface area contributed by atoms with Crippen LogP contribution in [0, 0.1) is 12.8 Å². The van der Waals surface area contributed by atoms with Crippen molar-refractivity contribution in [3.8, 4) is 0 Å². The SMILES string of the molecule is COCCC1CN=C(C2(C(F)(F)F)CC(c3ccc(C(=O)OC)c(C)c3)=NO2)C=C1C(F)(F)F. The maximum atomic E-state index is 14.2. The fraction of sp³-hybridized carbons (Fsp3) is 0.500. The van der Waals surface area contributed by atoms with Crippen LogP contribution in [-0.2, 0) is 14.3 Å². The highest BCUT2D eigenvalue weighted by atomic mass is 19.4. The number of hydrogen-bond donors (Lipinski definition) is 0. The van der Waals surface area contributed by atoms with E-state index >= 15 is 0 Å². The van der Waals surface area contributed by atoms with Crippen molar-refractivity contribution in [2.24, 2.45) is 16.1 Å². The topological polar surface area (TPSA) is 69.5 Å². The van der Waals surface area contributed by atoms with Crippen molar-refractivity contribution in [3.05, 3.63) is 46.5 Å². The maximum Gasteiger partial charge on any atom is 0.437 e. The summed E-state index contributed by atoms with van der Waals surface area (Å²) < 4.78 is 93.2. The van der Waals surface area contributed by atoms with Gasteiger partial charge in [0.2, 0.25) is 0 Å². The zero-order valence-corrected chi connectivity index (χ0v) is 18.5. The van der Waals surface area contributed by atoms with Gasteiger partial charge in [-0.25, -0.2) is 4.79 Å². The first-order valence-corrected chi connectivity index (χ1v) is 10.2. The first kappa shape index (κ1) is 25.7. The van der Waals surface area contributed by atoms with Crippen LogP contribution in [-0.4, -0.2) is 62.7 Å². The van der Waals surface area contributed by atoms with Crippen molar-refractivity contribution in [1.82, 2.24) is 0 Å². The summed E-state index contributed by atoms with van der Waals surface area (Å²) >= 11 is 0. The number of rotatable bonds is 6. The third-order valence-corrected chi connectivity index (χ3v) is 5.78. The second-order valence-electron chi connectivity index (χ2n) is 7.95. The largest absolute Gasteiger partial charge is 0.465 e. The Bertz CT molecular complexity index is 1040. The normalized spacial score (nSPS) is 23.1. The van der Waals surface area contributed by atoms with Crippen LogP contribution in [0.3, 0.4) is 0 Å². The molecule has 0 N–H and O–H groups in total. The van der Waals surface area contributed by atoms with Gasteiger partial charge in [0, 0.05) is 31.8 Å². The molecule has 0 saturated heterocycles. The van der Waals surface area contributed by atoms with Gasteiger partial charge in [-0.3, -0.25) is 4.99 Å². The second kappa shape index (κ2) is 9.40. The van der Waals surface area contributed by atoms with Crippen LogP contribution in [0.5, 0.6) is 0 Å². The van der Waals surface area contributed by atoms with Gasteiger partial charge in [0.05, 0.1) is 30.5 Å². The number of carbonyl (C=O) groups is 1. The highest BCUT2D eigenvalue weighted by molar-refractivity contribution is 6.11. The molecule has 34 heavy (non-hydrogen) atoms. The molecule has 2 unspecified atom stereocenters. The minimum atomic E-state index is -5.11. The average Bonchev–Trinajstić information content (AvgIpc) is 3.23. The first-order valence-electron chi connectivity index (χ1n) is 10.2. The molecular weight excluding hydrogens is 470 g/mol. The average molecular weight is 492 g/mol. The van der Waals surface area contributed by atoms with Crippen molar-refractivity contribution in [2.75, 3.05) is 27.4 Å². The summed E-state index contributed by atoms with van der Waals surface area (Å²) in [5.74, 6) is -1.76. The number of esters is 1. The zero-order valence-electron chi connectivity index (χ0n) is 18.5. The van der Waals surface area contributed by atoms with E-state index < -0.39 is 54.1 Å². The van der Waals surface area contributed by atoms with E-state index in [4.69, 9.17) is 9.57 Å². The second-order valence-corrected chi connectivity index (χ2v) is 7.95. The van der Waals surface area contributed by atoms with E-state index in [-0.39, 0.29) is 29.9 Å². The van der Waals surface area contributed by atoms with Crippen molar-refractivity contribution in [2.45, 2.75) is 37.7 Å². The Morgan fingerprint density at radius 2 is 1.91 bits per heavy atom. The van der Waals surface area contributed by atoms with Gasteiger partial charge in [0.15, 0.2) is 0 Å².